The molecule has 0 fully saturated rings. The Labute approximate surface area is 121 Å². The number of nitrogens with zero attached hydrogens (tertiary/aromatic N) is 2. The molecule has 0 bridgehead atoms. The van der Waals surface area contributed by atoms with Crippen LogP contribution in [0.1, 0.15) is 17.3 Å². The molecule has 5 heteroatoms. The molecule has 0 saturated carbocycles. The van der Waals surface area contributed by atoms with E-state index in [0.717, 1.165) is 22.3 Å². The monoisotopic (exact) mass is 321 g/mol. The largest absolute Gasteiger partial charge is 0.496 e. The Bertz CT molecular complexity index is 533. The van der Waals surface area contributed by atoms with Gasteiger partial charge in [0.25, 0.3) is 0 Å². The summed E-state index contributed by atoms with van der Waals surface area (Å²) in [5.74, 6) is 0.840. The van der Waals surface area contributed by atoms with Gasteiger partial charge < -0.3 is 10.1 Å². The predicted molar refractivity (Wildman–Crippen MR) is 78.2 cm³/mol. The molecule has 0 spiro atoms. The first kappa shape index (κ1) is 14.0. The highest BCUT2D eigenvalue weighted by Gasteiger charge is 2.12. The normalized spacial score (nSPS) is 12.2. The molecule has 2 aromatic rings. The molecule has 2 rings (SSSR count). The Morgan fingerprint density at radius 2 is 2.21 bits per heavy atom. The van der Waals surface area contributed by atoms with E-state index in [9.17, 15) is 0 Å². The lowest BCUT2D eigenvalue weighted by molar-refractivity contribution is 0.412. The van der Waals surface area contributed by atoms with Gasteiger partial charge in [0.15, 0.2) is 0 Å². The van der Waals surface area contributed by atoms with E-state index in [2.05, 4.69) is 43.3 Å². The van der Waals surface area contributed by atoms with E-state index in [0.29, 0.717) is 0 Å². The summed E-state index contributed by atoms with van der Waals surface area (Å²) in [6.07, 6.45) is 4.19. The van der Waals surface area contributed by atoms with Crippen LogP contribution < -0.4 is 10.1 Å². The second-order valence-corrected chi connectivity index (χ2v) is 5.00. The van der Waals surface area contributed by atoms with Gasteiger partial charge in [-0.1, -0.05) is 6.07 Å². The number of nitrogens with one attached hydrogen (secondary N) is 1. The first-order chi connectivity index (χ1) is 9.24. The summed E-state index contributed by atoms with van der Waals surface area (Å²) in [6.45, 7) is 0. The number of ether oxygens (including phenoxy) is 1. The van der Waals surface area contributed by atoms with E-state index in [4.69, 9.17) is 4.74 Å². The molecule has 0 aliphatic carbocycles. The zero-order valence-corrected chi connectivity index (χ0v) is 12.5. The molecule has 1 atom stereocenters. The maximum atomic E-state index is 5.23. The molecular weight excluding hydrogens is 306 g/mol. The van der Waals surface area contributed by atoms with Crippen LogP contribution in [0.4, 0.5) is 0 Å². The Hall–Kier alpha value is -1.46. The molecule has 0 saturated heterocycles. The molecule has 4 nitrogen and oxygen atoms in total. The minimum atomic E-state index is 0.170. The van der Waals surface area contributed by atoms with Crippen molar-refractivity contribution < 1.29 is 4.74 Å². The highest BCUT2D eigenvalue weighted by Crippen LogP contribution is 2.27. The fourth-order valence-electron chi connectivity index (χ4n) is 1.93. The molecule has 19 heavy (non-hydrogen) atoms. The van der Waals surface area contributed by atoms with Gasteiger partial charge in [0.1, 0.15) is 12.1 Å². The van der Waals surface area contributed by atoms with Crippen molar-refractivity contribution in [1.29, 1.82) is 0 Å². The van der Waals surface area contributed by atoms with Crippen LogP contribution >= 0.6 is 15.9 Å². The number of likely N-dealkylation sites (N-methyl/N-ethyl adjacent to an activating group) is 1. The van der Waals surface area contributed by atoms with Crippen LogP contribution in [0, 0.1) is 0 Å². The lowest BCUT2D eigenvalue weighted by Crippen LogP contribution is -2.20. The van der Waals surface area contributed by atoms with Crippen molar-refractivity contribution in [2.24, 2.45) is 0 Å². The summed E-state index contributed by atoms with van der Waals surface area (Å²) >= 11 is 3.50. The number of aromatic nitrogens is 2. The molecule has 1 aromatic heterocycles. The van der Waals surface area contributed by atoms with E-state index in [1.165, 1.54) is 5.56 Å². The number of halogens is 1. The maximum absolute atomic E-state index is 5.23. The van der Waals surface area contributed by atoms with Crippen LogP contribution in [0.2, 0.25) is 0 Å². The summed E-state index contributed by atoms with van der Waals surface area (Å²) in [5, 5.41) is 3.28. The third-order valence-corrected chi connectivity index (χ3v) is 3.59. The molecular formula is C14H16BrN3O. The van der Waals surface area contributed by atoms with Crippen molar-refractivity contribution in [1.82, 2.24) is 15.3 Å². The highest BCUT2D eigenvalue weighted by molar-refractivity contribution is 9.10. The van der Waals surface area contributed by atoms with Crippen LogP contribution in [-0.2, 0) is 6.42 Å². The summed E-state index contributed by atoms with van der Waals surface area (Å²) in [6, 6.07) is 8.20. The topological polar surface area (TPSA) is 47.0 Å². The van der Waals surface area contributed by atoms with E-state index in [-0.39, 0.29) is 6.04 Å². The van der Waals surface area contributed by atoms with Gasteiger partial charge in [-0.15, -0.1) is 0 Å². The van der Waals surface area contributed by atoms with Gasteiger partial charge in [-0.2, -0.15) is 0 Å². The number of hydrogen-bond donors (Lipinski definition) is 1. The second-order valence-electron chi connectivity index (χ2n) is 4.15. The zero-order valence-electron chi connectivity index (χ0n) is 10.9. The fourth-order valence-corrected chi connectivity index (χ4v) is 2.52. The molecule has 100 valence electrons. The zero-order chi connectivity index (χ0) is 13.7. The summed E-state index contributed by atoms with van der Waals surface area (Å²) < 4.78 is 6.20. The lowest BCUT2D eigenvalue weighted by atomic mass is 10.0. The predicted octanol–water partition coefficient (Wildman–Crippen LogP) is 2.75. The van der Waals surface area contributed by atoms with E-state index in [1.807, 2.05) is 19.2 Å². The van der Waals surface area contributed by atoms with Crippen LogP contribution in [0.5, 0.6) is 5.75 Å². The van der Waals surface area contributed by atoms with Crippen molar-refractivity contribution >= 4 is 15.9 Å². The number of rotatable bonds is 5. The Morgan fingerprint density at radius 3 is 2.79 bits per heavy atom. The Balaban J connectivity index is 2.17. The third kappa shape index (κ3) is 3.52. The minimum absolute atomic E-state index is 0.170. The van der Waals surface area contributed by atoms with Gasteiger partial charge in [-0.05, 0) is 53.2 Å². The second kappa shape index (κ2) is 6.63. The number of methoxy groups -OCH3 is 1. The van der Waals surface area contributed by atoms with Crippen molar-refractivity contribution in [3.8, 4) is 5.75 Å². The molecule has 1 heterocycles. The van der Waals surface area contributed by atoms with Gasteiger partial charge in [-0.3, -0.25) is 0 Å². The van der Waals surface area contributed by atoms with Gasteiger partial charge in [0.05, 0.1) is 23.3 Å². The van der Waals surface area contributed by atoms with Crippen LogP contribution in [0.3, 0.4) is 0 Å². The van der Waals surface area contributed by atoms with Gasteiger partial charge in [-0.25, -0.2) is 9.97 Å². The number of benzene rings is 1. The quantitative estimate of drug-likeness (QED) is 0.919. The van der Waals surface area contributed by atoms with Crippen LogP contribution in [0.25, 0.3) is 0 Å². The average Bonchev–Trinajstić information content (AvgIpc) is 2.46. The smallest absolute Gasteiger partial charge is 0.133 e. The molecule has 1 aromatic carbocycles. The van der Waals surface area contributed by atoms with E-state index >= 15 is 0 Å². The number of hydrogen-bond acceptors (Lipinski definition) is 4. The van der Waals surface area contributed by atoms with Crippen molar-refractivity contribution in [2.45, 2.75) is 12.5 Å². The van der Waals surface area contributed by atoms with Gasteiger partial charge in [0.2, 0.25) is 0 Å². The van der Waals surface area contributed by atoms with Gasteiger partial charge >= 0.3 is 0 Å². The van der Waals surface area contributed by atoms with Crippen LogP contribution in [-0.4, -0.2) is 24.1 Å². The van der Waals surface area contributed by atoms with E-state index in [1.54, 1.807) is 19.6 Å². The van der Waals surface area contributed by atoms with Crippen LogP contribution in [0.15, 0.2) is 41.3 Å². The first-order valence-corrected chi connectivity index (χ1v) is 6.79. The maximum Gasteiger partial charge on any atom is 0.133 e. The molecule has 0 aliphatic heterocycles. The summed E-state index contributed by atoms with van der Waals surface area (Å²) in [4.78, 5) is 8.24. The standard InChI is InChI=1S/C14H16BrN3O/c1-16-13(12-5-6-17-9-18-12)8-10-3-4-14(19-2)11(15)7-10/h3-7,9,13,16H,8H2,1-2H3. The molecule has 0 aliphatic rings. The average molecular weight is 322 g/mol. The Morgan fingerprint density at radius 1 is 1.37 bits per heavy atom. The highest BCUT2D eigenvalue weighted by atomic mass is 79.9. The Kier molecular flexibility index (Phi) is 4.87. The minimum Gasteiger partial charge on any atom is -0.496 e. The SMILES string of the molecule is CNC(Cc1ccc(OC)c(Br)c1)c1ccncn1. The van der Waals surface area contributed by atoms with Crippen molar-refractivity contribution in [3.05, 3.63) is 52.5 Å². The summed E-state index contributed by atoms with van der Waals surface area (Å²) in [7, 11) is 3.60. The first-order valence-electron chi connectivity index (χ1n) is 6.00. The van der Waals surface area contributed by atoms with Gasteiger partial charge in [0, 0.05) is 6.20 Å². The van der Waals surface area contributed by atoms with Crippen molar-refractivity contribution in [2.75, 3.05) is 14.2 Å². The molecule has 0 amide bonds. The lowest BCUT2D eigenvalue weighted by Gasteiger charge is -2.16. The van der Waals surface area contributed by atoms with E-state index < -0.39 is 0 Å². The summed E-state index contributed by atoms with van der Waals surface area (Å²) in [5.41, 5.74) is 2.20. The third-order valence-electron chi connectivity index (χ3n) is 2.97. The fraction of sp³-hybridized carbons (Fsp3) is 0.286. The molecule has 0 radical (unpaired) electrons. The van der Waals surface area contributed by atoms with Crippen molar-refractivity contribution in [3.63, 3.8) is 0 Å². The molecule has 1 N–H and O–H groups in total. The molecule has 1 unspecified atom stereocenters.